The van der Waals surface area contributed by atoms with Gasteiger partial charge in [0.25, 0.3) is 11.8 Å². The standard InChI is InChI=1S/C20H26N2O4/c23-18(21-17-6-1-2-7-17)15-4-3-5-16(14-15)19(24)22-10-8-20(9-11-22)25-12-13-26-20/h3-5,14,17H,1-2,6-13H2,(H,21,23). The van der Waals surface area contributed by atoms with Gasteiger partial charge in [-0.05, 0) is 31.0 Å². The number of nitrogens with zero attached hydrogens (tertiary/aromatic N) is 1. The number of rotatable bonds is 3. The predicted molar refractivity (Wildman–Crippen MR) is 95.9 cm³/mol. The Bertz CT molecular complexity index is 668. The van der Waals surface area contributed by atoms with Gasteiger partial charge < -0.3 is 19.7 Å². The molecule has 4 rings (SSSR count). The number of ether oxygens (including phenoxy) is 2. The molecule has 1 aromatic rings. The fourth-order valence-corrected chi connectivity index (χ4v) is 4.15. The maximum atomic E-state index is 12.8. The molecule has 2 amide bonds. The van der Waals surface area contributed by atoms with Crippen LogP contribution >= 0.6 is 0 Å². The predicted octanol–water partition coefficient (Wildman–Crippen LogP) is 2.34. The van der Waals surface area contributed by atoms with Crippen LogP contribution in [0.4, 0.5) is 0 Å². The van der Waals surface area contributed by atoms with Crippen molar-refractivity contribution in [1.29, 1.82) is 0 Å². The van der Waals surface area contributed by atoms with Crippen molar-refractivity contribution in [2.24, 2.45) is 0 Å². The summed E-state index contributed by atoms with van der Waals surface area (Å²) in [6, 6.07) is 7.31. The second-order valence-electron chi connectivity index (χ2n) is 7.44. The summed E-state index contributed by atoms with van der Waals surface area (Å²) in [6.45, 7) is 2.48. The summed E-state index contributed by atoms with van der Waals surface area (Å²) in [5.74, 6) is -0.606. The van der Waals surface area contributed by atoms with E-state index in [2.05, 4.69) is 5.32 Å². The lowest BCUT2D eigenvalue weighted by Gasteiger charge is -2.37. The molecule has 0 atom stereocenters. The SMILES string of the molecule is O=C(NC1CCCC1)c1cccc(C(=O)N2CCC3(CC2)OCCO3)c1. The van der Waals surface area contributed by atoms with E-state index in [1.807, 2.05) is 4.90 Å². The van der Waals surface area contributed by atoms with Gasteiger partial charge in [-0.25, -0.2) is 0 Å². The molecule has 1 N–H and O–H groups in total. The van der Waals surface area contributed by atoms with Crippen LogP contribution in [0.1, 0.15) is 59.2 Å². The number of benzene rings is 1. The van der Waals surface area contributed by atoms with Crippen LogP contribution in [0.15, 0.2) is 24.3 Å². The van der Waals surface area contributed by atoms with Gasteiger partial charge in [0.05, 0.1) is 13.2 Å². The summed E-state index contributed by atoms with van der Waals surface area (Å²) in [4.78, 5) is 27.1. The summed E-state index contributed by atoms with van der Waals surface area (Å²) >= 11 is 0. The molecule has 6 heteroatoms. The minimum absolute atomic E-state index is 0.0339. The van der Waals surface area contributed by atoms with Crippen molar-refractivity contribution in [2.75, 3.05) is 26.3 Å². The van der Waals surface area contributed by atoms with Gasteiger partial charge in [0.2, 0.25) is 0 Å². The quantitative estimate of drug-likeness (QED) is 0.901. The Hall–Kier alpha value is -1.92. The second kappa shape index (κ2) is 7.37. The van der Waals surface area contributed by atoms with E-state index in [1.165, 1.54) is 12.8 Å². The summed E-state index contributed by atoms with van der Waals surface area (Å²) in [5, 5.41) is 3.08. The van der Waals surface area contributed by atoms with Crippen molar-refractivity contribution in [3.05, 3.63) is 35.4 Å². The molecule has 2 heterocycles. The second-order valence-corrected chi connectivity index (χ2v) is 7.44. The fourth-order valence-electron chi connectivity index (χ4n) is 4.15. The number of carbonyl (C=O) groups excluding carboxylic acids is 2. The van der Waals surface area contributed by atoms with Gasteiger partial charge in [-0.15, -0.1) is 0 Å². The molecule has 1 aliphatic carbocycles. The van der Waals surface area contributed by atoms with Gasteiger partial charge in [0.1, 0.15) is 0 Å². The molecule has 140 valence electrons. The lowest BCUT2D eigenvalue weighted by Crippen LogP contribution is -2.47. The third kappa shape index (κ3) is 3.62. The van der Waals surface area contributed by atoms with Crippen LogP contribution in [0.25, 0.3) is 0 Å². The zero-order valence-corrected chi connectivity index (χ0v) is 15.0. The summed E-state index contributed by atoms with van der Waals surface area (Å²) in [5.41, 5.74) is 1.12. The number of amides is 2. The van der Waals surface area contributed by atoms with E-state index in [-0.39, 0.29) is 17.9 Å². The van der Waals surface area contributed by atoms with E-state index in [1.54, 1.807) is 24.3 Å². The molecule has 0 unspecified atom stereocenters. The number of hydrogen-bond donors (Lipinski definition) is 1. The van der Waals surface area contributed by atoms with Gasteiger partial charge >= 0.3 is 0 Å². The molecule has 0 aromatic heterocycles. The van der Waals surface area contributed by atoms with Crippen molar-refractivity contribution >= 4 is 11.8 Å². The first-order valence-corrected chi connectivity index (χ1v) is 9.63. The molecule has 1 spiro atoms. The minimum atomic E-state index is -0.486. The highest BCUT2D eigenvalue weighted by molar-refractivity contribution is 5.99. The first-order valence-electron chi connectivity index (χ1n) is 9.63. The molecule has 2 aliphatic heterocycles. The maximum Gasteiger partial charge on any atom is 0.253 e. The van der Waals surface area contributed by atoms with Crippen LogP contribution < -0.4 is 5.32 Å². The van der Waals surface area contributed by atoms with E-state index in [4.69, 9.17) is 9.47 Å². The van der Waals surface area contributed by atoms with Crippen molar-refractivity contribution < 1.29 is 19.1 Å². The normalized spacial score (nSPS) is 22.7. The monoisotopic (exact) mass is 358 g/mol. The highest BCUT2D eigenvalue weighted by atomic mass is 16.7. The average Bonchev–Trinajstić information content (AvgIpc) is 3.34. The molecule has 0 radical (unpaired) electrons. The Morgan fingerprint density at radius 3 is 2.38 bits per heavy atom. The Morgan fingerprint density at radius 1 is 1.04 bits per heavy atom. The Kier molecular flexibility index (Phi) is 4.96. The Morgan fingerprint density at radius 2 is 1.69 bits per heavy atom. The van der Waals surface area contributed by atoms with Crippen LogP contribution in [0.3, 0.4) is 0 Å². The van der Waals surface area contributed by atoms with Gasteiger partial charge in [-0.3, -0.25) is 9.59 Å². The summed E-state index contributed by atoms with van der Waals surface area (Å²) in [6.07, 6.45) is 5.83. The lowest BCUT2D eigenvalue weighted by atomic mass is 10.0. The van der Waals surface area contributed by atoms with Crippen LogP contribution in [0.5, 0.6) is 0 Å². The molecular weight excluding hydrogens is 332 g/mol. The number of carbonyl (C=O) groups is 2. The Balaban J connectivity index is 1.39. The molecule has 2 saturated heterocycles. The van der Waals surface area contributed by atoms with Crippen LogP contribution in [-0.2, 0) is 9.47 Å². The van der Waals surface area contributed by atoms with Crippen molar-refractivity contribution in [2.45, 2.75) is 50.4 Å². The van der Waals surface area contributed by atoms with Crippen LogP contribution in [0, 0.1) is 0 Å². The number of likely N-dealkylation sites (tertiary alicyclic amines) is 1. The van der Waals surface area contributed by atoms with E-state index in [0.29, 0.717) is 50.3 Å². The minimum Gasteiger partial charge on any atom is -0.349 e. The zero-order chi connectivity index (χ0) is 18.0. The molecule has 1 aromatic carbocycles. The topological polar surface area (TPSA) is 67.9 Å². The van der Waals surface area contributed by atoms with E-state index in [0.717, 1.165) is 12.8 Å². The molecule has 3 fully saturated rings. The molecule has 1 saturated carbocycles. The van der Waals surface area contributed by atoms with E-state index in [9.17, 15) is 9.59 Å². The number of nitrogens with one attached hydrogen (secondary N) is 1. The Labute approximate surface area is 153 Å². The van der Waals surface area contributed by atoms with E-state index >= 15 is 0 Å². The first-order chi connectivity index (χ1) is 12.7. The van der Waals surface area contributed by atoms with Crippen molar-refractivity contribution in [1.82, 2.24) is 10.2 Å². The van der Waals surface area contributed by atoms with Gasteiger partial charge in [-0.2, -0.15) is 0 Å². The molecule has 0 bridgehead atoms. The van der Waals surface area contributed by atoms with Crippen LogP contribution in [0.2, 0.25) is 0 Å². The molecule has 26 heavy (non-hydrogen) atoms. The average molecular weight is 358 g/mol. The third-order valence-electron chi connectivity index (χ3n) is 5.69. The smallest absolute Gasteiger partial charge is 0.253 e. The molecule has 3 aliphatic rings. The van der Waals surface area contributed by atoms with Crippen molar-refractivity contribution in [3.63, 3.8) is 0 Å². The third-order valence-corrected chi connectivity index (χ3v) is 5.69. The number of hydrogen-bond acceptors (Lipinski definition) is 4. The largest absolute Gasteiger partial charge is 0.349 e. The number of piperidine rings is 1. The fraction of sp³-hybridized carbons (Fsp3) is 0.600. The van der Waals surface area contributed by atoms with Crippen molar-refractivity contribution in [3.8, 4) is 0 Å². The van der Waals surface area contributed by atoms with Crippen LogP contribution in [-0.4, -0.2) is 54.8 Å². The van der Waals surface area contributed by atoms with Gasteiger partial charge in [-0.1, -0.05) is 18.9 Å². The zero-order valence-electron chi connectivity index (χ0n) is 15.0. The summed E-state index contributed by atoms with van der Waals surface area (Å²) in [7, 11) is 0. The molecular formula is C20H26N2O4. The summed E-state index contributed by atoms with van der Waals surface area (Å²) < 4.78 is 11.4. The first kappa shape index (κ1) is 17.5. The van der Waals surface area contributed by atoms with Gasteiger partial charge in [0, 0.05) is 43.1 Å². The van der Waals surface area contributed by atoms with E-state index < -0.39 is 5.79 Å². The molecule has 6 nitrogen and oxygen atoms in total. The van der Waals surface area contributed by atoms with Gasteiger partial charge in [0.15, 0.2) is 5.79 Å². The lowest BCUT2D eigenvalue weighted by molar-refractivity contribution is -0.181. The highest BCUT2D eigenvalue weighted by Crippen LogP contribution is 2.31. The highest BCUT2D eigenvalue weighted by Gasteiger charge is 2.40. The maximum absolute atomic E-state index is 12.8.